The number of aromatic nitrogens is 4. The number of rotatable bonds is 15. The van der Waals surface area contributed by atoms with Gasteiger partial charge in [-0.15, -0.1) is 0 Å². The highest BCUT2D eigenvalue weighted by molar-refractivity contribution is 7.93. The molecule has 8 rings (SSSR count). The molecule has 0 spiro atoms. The van der Waals surface area contributed by atoms with E-state index >= 15 is 0 Å². The third-order valence-electron chi connectivity index (χ3n) is 11.3. The van der Waals surface area contributed by atoms with E-state index in [4.69, 9.17) is 27.9 Å². The summed E-state index contributed by atoms with van der Waals surface area (Å²) in [5, 5.41) is 0.914. The van der Waals surface area contributed by atoms with Gasteiger partial charge in [-0.05, 0) is 110 Å². The first-order valence-electron chi connectivity index (χ1n) is 21.8. The Morgan fingerprint density at radius 1 is 0.681 bits per heavy atom. The molecule has 0 aliphatic carbocycles. The zero-order chi connectivity index (χ0) is 49.0. The lowest BCUT2D eigenvalue weighted by Crippen LogP contribution is -2.49. The molecule has 366 valence electrons. The van der Waals surface area contributed by atoms with E-state index in [1.165, 1.54) is 61.4 Å². The predicted molar refractivity (Wildman–Crippen MR) is 266 cm³/mol. The SMILES string of the molecule is Cc1cc(Cl)ccc1OCCCC(=O)N1CCN(c2ccc(S(=O)(=O)Nc3ccncn3)cc2)CC1.O=C(Cc1c(F)cccc1Cl)N1CCN(c2ccc(S(=O)(=O)Nc3ccncn3)cc2)CC1.[HH].[HH]. The number of aryl methyl sites for hydroxylation is 1. The number of piperazine rings is 2. The molecule has 17 nitrogen and oxygen atoms in total. The summed E-state index contributed by atoms with van der Waals surface area (Å²) in [5.41, 5.74) is 2.94. The van der Waals surface area contributed by atoms with Crippen molar-refractivity contribution in [2.45, 2.75) is 36.0 Å². The van der Waals surface area contributed by atoms with Crippen molar-refractivity contribution in [1.82, 2.24) is 29.7 Å². The van der Waals surface area contributed by atoms with Crippen molar-refractivity contribution in [3.05, 3.63) is 149 Å². The highest BCUT2D eigenvalue weighted by Gasteiger charge is 2.25. The number of anilines is 4. The molecular weight excluding hydrogens is 971 g/mol. The largest absolute Gasteiger partial charge is 0.493 e. The van der Waals surface area contributed by atoms with Crippen molar-refractivity contribution in [2.24, 2.45) is 0 Å². The Labute approximate surface area is 413 Å². The molecular formula is C47H53Cl2FN10O7S2. The van der Waals surface area contributed by atoms with E-state index in [-0.39, 0.29) is 53.1 Å². The van der Waals surface area contributed by atoms with Crippen molar-refractivity contribution in [2.75, 3.05) is 78.2 Å². The Morgan fingerprint density at radius 2 is 1.19 bits per heavy atom. The zero-order valence-corrected chi connectivity index (χ0v) is 40.6. The average Bonchev–Trinajstić information content (AvgIpc) is 3.35. The molecule has 4 heterocycles. The Morgan fingerprint density at radius 3 is 1.65 bits per heavy atom. The van der Waals surface area contributed by atoms with Gasteiger partial charge in [0.05, 0.1) is 22.8 Å². The van der Waals surface area contributed by atoms with Crippen LogP contribution in [-0.4, -0.2) is 117 Å². The molecule has 0 bridgehead atoms. The molecule has 4 aromatic carbocycles. The summed E-state index contributed by atoms with van der Waals surface area (Å²) in [4.78, 5) is 48.6. The monoisotopic (exact) mass is 1020 g/mol. The number of hydrogen-bond acceptors (Lipinski definition) is 13. The summed E-state index contributed by atoms with van der Waals surface area (Å²) in [6.45, 7) is 7.08. The summed E-state index contributed by atoms with van der Waals surface area (Å²) >= 11 is 12.0. The van der Waals surface area contributed by atoms with Gasteiger partial charge in [-0.1, -0.05) is 29.3 Å². The van der Waals surface area contributed by atoms with Gasteiger partial charge in [0.15, 0.2) is 0 Å². The number of amides is 2. The van der Waals surface area contributed by atoms with E-state index in [1.807, 2.05) is 24.0 Å². The second-order valence-electron chi connectivity index (χ2n) is 15.9. The van der Waals surface area contributed by atoms with Crippen LogP contribution in [0.2, 0.25) is 10.0 Å². The second-order valence-corrected chi connectivity index (χ2v) is 20.1. The van der Waals surface area contributed by atoms with E-state index in [0.717, 1.165) is 22.7 Å². The van der Waals surface area contributed by atoms with Crippen LogP contribution in [0.4, 0.5) is 27.4 Å². The first-order valence-corrected chi connectivity index (χ1v) is 25.5. The van der Waals surface area contributed by atoms with Crippen molar-refractivity contribution in [1.29, 1.82) is 0 Å². The van der Waals surface area contributed by atoms with E-state index in [9.17, 15) is 30.8 Å². The lowest BCUT2D eigenvalue weighted by atomic mass is 10.1. The molecule has 0 radical (unpaired) electrons. The van der Waals surface area contributed by atoms with E-state index in [0.29, 0.717) is 76.8 Å². The van der Waals surface area contributed by atoms with Gasteiger partial charge in [0, 0.05) is 101 Å². The van der Waals surface area contributed by atoms with Crippen LogP contribution in [-0.2, 0) is 36.1 Å². The maximum absolute atomic E-state index is 14.0. The maximum Gasteiger partial charge on any atom is 0.263 e. The van der Waals surface area contributed by atoms with Gasteiger partial charge in [0.2, 0.25) is 11.8 Å². The predicted octanol–water partition coefficient (Wildman–Crippen LogP) is 7.20. The smallest absolute Gasteiger partial charge is 0.263 e. The number of halogens is 3. The highest BCUT2D eigenvalue weighted by atomic mass is 35.5. The molecule has 2 aromatic heterocycles. The third-order valence-corrected chi connectivity index (χ3v) is 14.6. The molecule has 2 aliphatic rings. The fraction of sp³-hybridized carbons (Fsp3) is 0.277. The number of sulfonamides is 2. The van der Waals surface area contributed by atoms with Crippen LogP contribution >= 0.6 is 23.2 Å². The number of carbonyl (C=O) groups excluding carboxylic acids is 2. The summed E-state index contributed by atoms with van der Waals surface area (Å²) in [7, 11) is -7.51. The average molecular weight is 1020 g/mol. The minimum absolute atomic E-state index is 0. The molecule has 2 N–H and O–H groups in total. The maximum atomic E-state index is 14.0. The van der Waals surface area contributed by atoms with E-state index < -0.39 is 25.9 Å². The summed E-state index contributed by atoms with van der Waals surface area (Å²) < 4.78 is 74.8. The molecule has 2 aliphatic heterocycles. The topological polar surface area (TPSA) is 200 Å². The molecule has 2 saturated heterocycles. The van der Waals surface area contributed by atoms with Crippen molar-refractivity contribution < 1.29 is 38.4 Å². The Kier molecular flexibility index (Phi) is 16.9. The van der Waals surface area contributed by atoms with Crippen molar-refractivity contribution in [3.8, 4) is 5.75 Å². The van der Waals surface area contributed by atoms with Crippen LogP contribution in [0, 0.1) is 12.7 Å². The van der Waals surface area contributed by atoms with Crippen LogP contribution < -0.4 is 24.0 Å². The van der Waals surface area contributed by atoms with Gasteiger partial charge in [-0.25, -0.2) is 41.2 Å². The zero-order valence-electron chi connectivity index (χ0n) is 37.4. The van der Waals surface area contributed by atoms with Gasteiger partial charge in [-0.3, -0.25) is 19.0 Å². The Balaban J connectivity index is 0.000000258. The second kappa shape index (κ2) is 23.1. The molecule has 0 saturated carbocycles. The minimum atomic E-state index is -3.77. The first kappa shape index (κ1) is 50.3. The number of nitrogens with one attached hydrogen (secondary N) is 2. The number of hydrogen-bond donors (Lipinski definition) is 2. The van der Waals surface area contributed by atoms with Crippen molar-refractivity contribution in [3.63, 3.8) is 0 Å². The van der Waals surface area contributed by atoms with Crippen LogP contribution in [0.3, 0.4) is 0 Å². The van der Waals surface area contributed by atoms with Crippen LogP contribution in [0.25, 0.3) is 0 Å². The number of ether oxygens (including phenoxy) is 1. The van der Waals surface area contributed by atoms with Crippen LogP contribution in [0.15, 0.2) is 132 Å². The summed E-state index contributed by atoms with van der Waals surface area (Å²) in [6.07, 6.45) is 6.44. The van der Waals surface area contributed by atoms with Crippen LogP contribution in [0.1, 0.15) is 26.8 Å². The molecule has 6 aromatic rings. The molecule has 2 fully saturated rings. The van der Waals surface area contributed by atoms with Gasteiger partial charge in [0.1, 0.15) is 35.9 Å². The quantitative estimate of drug-likeness (QED) is 0.0980. The van der Waals surface area contributed by atoms with Gasteiger partial charge >= 0.3 is 0 Å². The fourth-order valence-corrected chi connectivity index (χ4v) is 9.97. The number of nitrogens with zero attached hydrogens (tertiary/aromatic N) is 8. The molecule has 69 heavy (non-hydrogen) atoms. The normalized spacial score (nSPS) is 14.1. The Bertz CT molecular complexity index is 2910. The van der Waals surface area contributed by atoms with Gasteiger partial charge < -0.3 is 24.3 Å². The van der Waals surface area contributed by atoms with E-state index in [2.05, 4.69) is 39.2 Å². The van der Waals surface area contributed by atoms with E-state index in [1.54, 1.807) is 53.4 Å². The Hall–Kier alpha value is -6.61. The fourth-order valence-electron chi connectivity index (χ4n) is 7.50. The van der Waals surface area contributed by atoms with Crippen LogP contribution in [0.5, 0.6) is 5.75 Å². The lowest BCUT2D eigenvalue weighted by molar-refractivity contribution is -0.132. The minimum Gasteiger partial charge on any atom is -0.493 e. The molecule has 0 atom stereocenters. The third kappa shape index (κ3) is 13.8. The standard InChI is InChI=1S/C25H28ClN5O4S.C22H21ClFN5O3S.2H2/c1-19-17-20(26)4-9-23(19)35-16-2-3-25(32)31-14-12-30(13-15-31)21-5-7-22(8-6-21)36(33,34)29-24-10-11-27-18-28-24;23-19-2-1-3-20(24)18(19)14-22(30)29-12-10-28(11-13-29)16-4-6-17(7-5-16)33(31,32)27-21-8-9-25-15-26-21;;/h4-11,17-18H,2-3,12-16H2,1H3,(H,27,28,29);1-9,15H,10-14H2,(H,25,26,27);2*1H. The molecule has 0 unspecified atom stereocenters. The first-order chi connectivity index (χ1) is 33.1. The van der Waals surface area contributed by atoms with Gasteiger partial charge in [-0.2, -0.15) is 0 Å². The van der Waals surface area contributed by atoms with Gasteiger partial charge in [0.25, 0.3) is 20.0 Å². The molecule has 2 amide bonds. The molecule has 22 heteroatoms. The summed E-state index contributed by atoms with van der Waals surface area (Å²) in [6, 6.07) is 26.0. The highest BCUT2D eigenvalue weighted by Crippen LogP contribution is 2.26. The number of benzene rings is 4. The lowest BCUT2D eigenvalue weighted by Gasteiger charge is -2.36. The van der Waals surface area contributed by atoms with Crippen molar-refractivity contribution >= 4 is 78.1 Å². The number of carbonyl (C=O) groups is 2. The summed E-state index contributed by atoms with van der Waals surface area (Å²) in [5.74, 6) is 0.623.